The number of carbonyl (C=O) groups is 1. The molecule has 2 N–H and O–H groups in total. The second-order valence-corrected chi connectivity index (χ2v) is 11.2. The van der Waals surface area contributed by atoms with Gasteiger partial charge in [-0.15, -0.1) is 0 Å². The van der Waals surface area contributed by atoms with Crippen LogP contribution in [0.3, 0.4) is 0 Å². The standard InChI is InChI=1S/C29H33Cl2N5O4/c1-5-36-27-17(12-18(28(36)38)24-25(30)21(39-3)13-22(40-4)26(24)31)14-32-29(35-27)34-20-8-6-7-19(20)33-23(37)10-9-16-11-15(16)2/h9-10,12-16,19-20H,5-8,11H2,1-4H3,(H,33,37)(H,32,34,35)/b10-9+/t15?,16-,19-,20?/m0/s1. The van der Waals surface area contributed by atoms with E-state index in [-0.39, 0.29) is 39.2 Å². The second-order valence-electron chi connectivity index (χ2n) is 10.4. The number of carbonyl (C=O) groups excluding carboxylic acids is 1. The molecule has 212 valence electrons. The van der Waals surface area contributed by atoms with Crippen LogP contribution >= 0.6 is 23.2 Å². The van der Waals surface area contributed by atoms with E-state index in [4.69, 9.17) is 37.7 Å². The highest BCUT2D eigenvalue weighted by Gasteiger charge is 2.31. The van der Waals surface area contributed by atoms with Gasteiger partial charge in [0.25, 0.3) is 5.56 Å². The molecule has 11 heteroatoms. The third kappa shape index (κ3) is 5.49. The Bertz CT molecular complexity index is 1510. The molecule has 2 aliphatic carbocycles. The third-order valence-corrected chi connectivity index (χ3v) is 8.56. The molecule has 2 unspecified atom stereocenters. The molecule has 2 heterocycles. The Morgan fingerprint density at radius 3 is 2.45 bits per heavy atom. The van der Waals surface area contributed by atoms with Crippen molar-refractivity contribution in [3.63, 3.8) is 0 Å². The van der Waals surface area contributed by atoms with Gasteiger partial charge in [-0.3, -0.25) is 14.2 Å². The molecule has 0 bridgehead atoms. The minimum absolute atomic E-state index is 0.0161. The number of halogens is 2. The summed E-state index contributed by atoms with van der Waals surface area (Å²) in [5.74, 6) is 2.19. The first-order valence-corrected chi connectivity index (χ1v) is 14.3. The van der Waals surface area contributed by atoms with Crippen molar-refractivity contribution in [3.8, 4) is 22.6 Å². The Morgan fingerprint density at radius 1 is 1.15 bits per heavy atom. The topological polar surface area (TPSA) is 107 Å². The van der Waals surface area contributed by atoms with Crippen LogP contribution in [0.4, 0.5) is 5.95 Å². The van der Waals surface area contributed by atoms with Gasteiger partial charge in [0.2, 0.25) is 11.9 Å². The van der Waals surface area contributed by atoms with Crippen molar-refractivity contribution in [2.24, 2.45) is 11.8 Å². The van der Waals surface area contributed by atoms with E-state index in [1.807, 2.05) is 13.0 Å². The number of fused-ring (bicyclic) bond motifs is 1. The number of aromatic nitrogens is 3. The smallest absolute Gasteiger partial charge is 0.260 e. The lowest BCUT2D eigenvalue weighted by Crippen LogP contribution is -2.43. The lowest BCUT2D eigenvalue weighted by atomic mass is 10.0. The van der Waals surface area contributed by atoms with Crippen LogP contribution in [0, 0.1) is 11.8 Å². The number of benzene rings is 1. The van der Waals surface area contributed by atoms with Crippen molar-refractivity contribution in [2.75, 3.05) is 19.5 Å². The summed E-state index contributed by atoms with van der Waals surface area (Å²) in [7, 11) is 2.97. The Hall–Kier alpha value is -3.30. The van der Waals surface area contributed by atoms with E-state index >= 15 is 0 Å². The van der Waals surface area contributed by atoms with Gasteiger partial charge in [0.05, 0.1) is 29.8 Å². The average molecular weight is 587 g/mol. The molecule has 2 saturated carbocycles. The van der Waals surface area contributed by atoms with Gasteiger partial charge in [-0.25, -0.2) is 4.98 Å². The van der Waals surface area contributed by atoms with Crippen molar-refractivity contribution >= 4 is 46.1 Å². The van der Waals surface area contributed by atoms with Crippen LogP contribution in [0.1, 0.15) is 39.5 Å². The summed E-state index contributed by atoms with van der Waals surface area (Å²) in [6.45, 7) is 4.42. The van der Waals surface area contributed by atoms with Crippen molar-refractivity contribution in [1.82, 2.24) is 19.9 Å². The minimum atomic E-state index is -0.304. The van der Waals surface area contributed by atoms with Crippen molar-refractivity contribution < 1.29 is 14.3 Å². The molecule has 3 aromatic rings. The predicted molar refractivity (Wildman–Crippen MR) is 158 cm³/mol. The molecule has 2 aliphatic rings. The van der Waals surface area contributed by atoms with Gasteiger partial charge in [0, 0.05) is 41.8 Å². The lowest BCUT2D eigenvalue weighted by molar-refractivity contribution is -0.117. The lowest BCUT2D eigenvalue weighted by Gasteiger charge is -2.22. The molecule has 0 aliphatic heterocycles. The Balaban J connectivity index is 1.44. The highest BCUT2D eigenvalue weighted by molar-refractivity contribution is 6.41. The highest BCUT2D eigenvalue weighted by atomic mass is 35.5. The van der Waals surface area contributed by atoms with E-state index in [1.165, 1.54) is 14.2 Å². The third-order valence-electron chi connectivity index (χ3n) is 7.81. The maximum absolute atomic E-state index is 13.7. The van der Waals surface area contributed by atoms with Gasteiger partial charge >= 0.3 is 0 Å². The summed E-state index contributed by atoms with van der Waals surface area (Å²) < 4.78 is 12.3. The number of hydrogen-bond acceptors (Lipinski definition) is 7. The number of aryl methyl sites for hydroxylation is 1. The van der Waals surface area contributed by atoms with Crippen LogP contribution in [-0.4, -0.2) is 46.7 Å². The first-order valence-electron chi connectivity index (χ1n) is 13.5. The van der Waals surface area contributed by atoms with Gasteiger partial charge < -0.3 is 20.1 Å². The second kappa shape index (κ2) is 11.7. The quantitative estimate of drug-likeness (QED) is 0.321. The van der Waals surface area contributed by atoms with Crippen molar-refractivity contribution in [3.05, 3.63) is 50.9 Å². The molecular formula is C29H33Cl2N5O4. The molecule has 2 aromatic heterocycles. The summed E-state index contributed by atoms with van der Waals surface area (Å²) in [4.78, 5) is 35.4. The number of nitrogens with one attached hydrogen (secondary N) is 2. The maximum Gasteiger partial charge on any atom is 0.260 e. The van der Waals surface area contributed by atoms with E-state index < -0.39 is 0 Å². The Morgan fingerprint density at radius 2 is 1.82 bits per heavy atom. The van der Waals surface area contributed by atoms with Crippen LogP contribution in [0.5, 0.6) is 11.5 Å². The molecule has 0 spiro atoms. The Kier molecular flexibility index (Phi) is 8.24. The summed E-state index contributed by atoms with van der Waals surface area (Å²) in [6, 6.07) is 3.22. The molecule has 0 saturated heterocycles. The molecule has 1 aromatic carbocycles. The normalized spacial score (nSPS) is 22.1. The fraction of sp³-hybridized carbons (Fsp3) is 0.448. The first-order chi connectivity index (χ1) is 19.2. The van der Waals surface area contributed by atoms with E-state index in [1.54, 1.807) is 29.0 Å². The van der Waals surface area contributed by atoms with Gasteiger partial charge in [-0.1, -0.05) is 36.2 Å². The van der Waals surface area contributed by atoms with Crippen LogP contribution in [0.25, 0.3) is 22.2 Å². The molecule has 40 heavy (non-hydrogen) atoms. The van der Waals surface area contributed by atoms with E-state index in [0.29, 0.717) is 52.4 Å². The Labute approximate surface area is 242 Å². The summed E-state index contributed by atoms with van der Waals surface area (Å²) >= 11 is 13.2. The number of allylic oxidation sites excluding steroid dienone is 1. The fourth-order valence-electron chi connectivity index (χ4n) is 5.36. The summed E-state index contributed by atoms with van der Waals surface area (Å²) in [5.41, 5.74) is 0.793. The number of ether oxygens (including phenoxy) is 2. The number of amides is 1. The van der Waals surface area contributed by atoms with Gasteiger partial charge in [-0.2, -0.15) is 4.98 Å². The molecule has 1 amide bonds. The minimum Gasteiger partial charge on any atom is -0.495 e. The zero-order chi connectivity index (χ0) is 28.6. The number of pyridine rings is 1. The zero-order valence-corrected chi connectivity index (χ0v) is 24.5. The molecule has 2 fully saturated rings. The predicted octanol–water partition coefficient (Wildman–Crippen LogP) is 5.46. The van der Waals surface area contributed by atoms with Crippen LogP contribution < -0.4 is 25.7 Å². The summed E-state index contributed by atoms with van der Waals surface area (Å²) in [6.07, 6.45) is 9.21. The molecular weight excluding hydrogens is 553 g/mol. The highest BCUT2D eigenvalue weighted by Crippen LogP contribution is 2.45. The number of nitrogens with zero attached hydrogens (tertiary/aromatic N) is 3. The largest absolute Gasteiger partial charge is 0.495 e. The molecule has 5 rings (SSSR count). The molecule has 4 atom stereocenters. The molecule has 0 radical (unpaired) electrons. The van der Waals surface area contributed by atoms with Crippen LogP contribution in [-0.2, 0) is 11.3 Å². The number of anilines is 1. The van der Waals surface area contributed by atoms with E-state index in [2.05, 4.69) is 22.5 Å². The van der Waals surface area contributed by atoms with Crippen molar-refractivity contribution in [2.45, 2.75) is 58.2 Å². The van der Waals surface area contributed by atoms with Crippen molar-refractivity contribution in [1.29, 1.82) is 0 Å². The van der Waals surface area contributed by atoms with E-state index in [0.717, 1.165) is 25.7 Å². The monoisotopic (exact) mass is 585 g/mol. The van der Waals surface area contributed by atoms with Gasteiger partial charge in [0.15, 0.2) is 0 Å². The first kappa shape index (κ1) is 28.2. The SMILES string of the molecule is CCn1c(=O)c(-c2c(Cl)c(OC)cc(OC)c2Cl)cc2cnc(NC3CCC[C@@H]3NC(=O)/C=C/[C@H]3CC3C)nc21. The van der Waals surface area contributed by atoms with E-state index in [9.17, 15) is 9.59 Å². The number of methoxy groups -OCH3 is 2. The number of rotatable bonds is 9. The van der Waals surface area contributed by atoms with Gasteiger partial charge in [0.1, 0.15) is 17.1 Å². The zero-order valence-electron chi connectivity index (χ0n) is 23.0. The fourth-order valence-corrected chi connectivity index (χ4v) is 6.06. The summed E-state index contributed by atoms with van der Waals surface area (Å²) in [5, 5.41) is 7.58. The average Bonchev–Trinajstić information content (AvgIpc) is 3.49. The number of hydrogen-bond donors (Lipinski definition) is 2. The van der Waals surface area contributed by atoms with Gasteiger partial charge in [-0.05, 0) is 56.6 Å². The van der Waals surface area contributed by atoms with Crippen LogP contribution in [0.2, 0.25) is 10.0 Å². The van der Waals surface area contributed by atoms with Crippen LogP contribution in [0.15, 0.2) is 35.3 Å². The maximum atomic E-state index is 13.7. The molecule has 9 nitrogen and oxygen atoms in total.